The highest BCUT2D eigenvalue weighted by molar-refractivity contribution is 5.77. The number of amides is 1. The van der Waals surface area contributed by atoms with Crippen LogP contribution < -0.4 is 5.32 Å². The number of hydrogen-bond donors (Lipinski definition) is 3. The van der Waals surface area contributed by atoms with Crippen molar-refractivity contribution in [1.82, 2.24) is 5.32 Å². The molecule has 0 aliphatic carbocycles. The quantitative estimate of drug-likeness (QED) is 0.0321. The number of esters is 1. The zero-order valence-electron chi connectivity index (χ0n) is 42.6. The van der Waals surface area contributed by atoms with Crippen molar-refractivity contribution in [2.45, 2.75) is 270 Å². The Balaban J connectivity index is 4.71. The van der Waals surface area contributed by atoms with E-state index in [9.17, 15) is 19.8 Å². The Kier molecular flexibility index (Phi) is 49.6. The number of aliphatic hydroxyl groups excluding tert-OH is 2. The van der Waals surface area contributed by atoms with Gasteiger partial charge in [-0.25, -0.2) is 0 Å². The zero-order chi connectivity index (χ0) is 47.4. The molecule has 0 rings (SSSR count). The van der Waals surface area contributed by atoms with Crippen molar-refractivity contribution in [2.24, 2.45) is 0 Å². The average molecular weight is 906 g/mol. The third-order valence-corrected chi connectivity index (χ3v) is 12.0. The van der Waals surface area contributed by atoms with E-state index in [0.717, 1.165) is 83.5 Å². The molecule has 0 bridgehead atoms. The van der Waals surface area contributed by atoms with Crippen LogP contribution in [0.3, 0.4) is 0 Å². The Morgan fingerprint density at radius 3 is 1.26 bits per heavy atom. The summed E-state index contributed by atoms with van der Waals surface area (Å²) in [6, 6.07) is -0.723. The average Bonchev–Trinajstić information content (AvgIpc) is 3.30. The molecule has 0 radical (unpaired) electrons. The molecule has 6 heteroatoms. The van der Waals surface area contributed by atoms with Gasteiger partial charge in [0.1, 0.15) is 6.10 Å². The molecule has 0 spiro atoms. The number of hydrogen-bond acceptors (Lipinski definition) is 5. The molecule has 6 nitrogen and oxygen atoms in total. The van der Waals surface area contributed by atoms with Crippen molar-refractivity contribution in [3.05, 3.63) is 85.1 Å². The summed E-state index contributed by atoms with van der Waals surface area (Å²) in [7, 11) is 0. The molecule has 0 saturated carbocycles. The predicted molar refractivity (Wildman–Crippen MR) is 282 cm³/mol. The minimum absolute atomic E-state index is 0.0386. The molecular formula is C59H103NO5. The van der Waals surface area contributed by atoms with E-state index in [1.165, 1.54) is 116 Å². The fourth-order valence-corrected chi connectivity index (χ4v) is 7.86. The van der Waals surface area contributed by atoms with Gasteiger partial charge in [0.05, 0.1) is 25.2 Å². The summed E-state index contributed by atoms with van der Waals surface area (Å²) in [5, 5.41) is 23.8. The van der Waals surface area contributed by atoms with E-state index in [0.29, 0.717) is 19.3 Å². The second-order valence-electron chi connectivity index (χ2n) is 18.2. The number of unbranched alkanes of at least 4 members (excludes halogenated alkanes) is 22. The summed E-state index contributed by atoms with van der Waals surface area (Å²) in [6.07, 6.45) is 67.9. The highest BCUT2D eigenvalue weighted by Gasteiger charge is 2.24. The molecule has 0 aliphatic heterocycles. The lowest BCUT2D eigenvalue weighted by Crippen LogP contribution is -2.46. The summed E-state index contributed by atoms with van der Waals surface area (Å²) >= 11 is 0. The number of aliphatic hydroxyl groups is 2. The van der Waals surface area contributed by atoms with Crippen LogP contribution in [0, 0.1) is 0 Å². The van der Waals surface area contributed by atoms with Gasteiger partial charge in [0.25, 0.3) is 0 Å². The van der Waals surface area contributed by atoms with Crippen molar-refractivity contribution >= 4 is 11.9 Å². The maximum absolute atomic E-state index is 13.2. The maximum atomic E-state index is 13.2. The highest BCUT2D eigenvalue weighted by atomic mass is 16.5. The Morgan fingerprint density at radius 2 is 0.831 bits per heavy atom. The van der Waals surface area contributed by atoms with Gasteiger partial charge in [-0.1, -0.05) is 234 Å². The molecule has 3 unspecified atom stereocenters. The van der Waals surface area contributed by atoms with Crippen LogP contribution in [0.1, 0.15) is 252 Å². The van der Waals surface area contributed by atoms with E-state index in [1.54, 1.807) is 0 Å². The molecule has 0 saturated heterocycles. The van der Waals surface area contributed by atoms with Gasteiger partial charge >= 0.3 is 5.97 Å². The fourth-order valence-electron chi connectivity index (χ4n) is 7.86. The van der Waals surface area contributed by atoms with E-state index in [-0.39, 0.29) is 31.3 Å². The van der Waals surface area contributed by atoms with Crippen molar-refractivity contribution in [2.75, 3.05) is 6.61 Å². The number of carbonyl (C=O) groups excluding carboxylic acids is 2. The molecule has 0 aromatic carbocycles. The van der Waals surface area contributed by atoms with E-state index in [4.69, 9.17) is 4.74 Å². The van der Waals surface area contributed by atoms with Crippen molar-refractivity contribution in [1.29, 1.82) is 0 Å². The number of ether oxygens (including phenoxy) is 1. The van der Waals surface area contributed by atoms with Crippen LogP contribution in [0.15, 0.2) is 85.1 Å². The van der Waals surface area contributed by atoms with Crippen molar-refractivity contribution in [3.63, 3.8) is 0 Å². The van der Waals surface area contributed by atoms with E-state index < -0.39 is 18.2 Å². The van der Waals surface area contributed by atoms with E-state index in [1.807, 2.05) is 6.08 Å². The predicted octanol–water partition coefficient (Wildman–Crippen LogP) is 16.7. The number of rotatable bonds is 48. The minimum atomic E-state index is -0.806. The first-order valence-corrected chi connectivity index (χ1v) is 27.3. The lowest BCUT2D eigenvalue weighted by molar-refractivity contribution is -0.150. The lowest BCUT2D eigenvalue weighted by atomic mass is 10.0. The van der Waals surface area contributed by atoms with Crippen LogP contribution in [0.2, 0.25) is 0 Å². The third kappa shape index (κ3) is 47.3. The van der Waals surface area contributed by atoms with Crippen LogP contribution in [0.4, 0.5) is 0 Å². The second kappa shape index (κ2) is 52.0. The second-order valence-corrected chi connectivity index (χ2v) is 18.2. The molecule has 1 amide bonds. The smallest absolute Gasteiger partial charge is 0.306 e. The first kappa shape index (κ1) is 62.0. The normalized spacial score (nSPS) is 13.9. The molecule has 0 heterocycles. The zero-order valence-corrected chi connectivity index (χ0v) is 42.6. The molecule has 0 fully saturated rings. The summed E-state index contributed by atoms with van der Waals surface area (Å²) in [5.41, 5.74) is 0. The monoisotopic (exact) mass is 906 g/mol. The van der Waals surface area contributed by atoms with Crippen LogP contribution in [-0.2, 0) is 14.3 Å². The Morgan fingerprint density at radius 1 is 0.462 bits per heavy atom. The fraction of sp³-hybridized carbons (Fsp3) is 0.729. The van der Waals surface area contributed by atoms with Gasteiger partial charge in [-0.05, 0) is 89.9 Å². The van der Waals surface area contributed by atoms with Crippen LogP contribution in [0.5, 0.6) is 0 Å². The largest absolute Gasteiger partial charge is 0.462 e. The molecule has 3 N–H and O–H groups in total. The lowest BCUT2D eigenvalue weighted by Gasteiger charge is -2.24. The first-order valence-electron chi connectivity index (χ1n) is 27.3. The molecule has 65 heavy (non-hydrogen) atoms. The molecule has 3 atom stereocenters. The summed E-state index contributed by atoms with van der Waals surface area (Å²) < 4.78 is 5.90. The van der Waals surface area contributed by atoms with Crippen LogP contribution in [0.25, 0.3) is 0 Å². The Labute approximate surface area is 402 Å². The standard InChI is InChI=1S/C59H103NO5/c1-4-7-10-13-16-19-22-25-27-28-29-30-32-34-37-40-43-46-49-52-59(64)65-55(50-47-44-41-38-35-33-31-26-23-20-17-14-11-8-5-2)53-58(63)60-56(54-61)57(62)51-48-45-42-39-36-24-21-18-15-12-9-6-3/h7,10,16,19,25-27,29-31,34,37,43,46,55-57,61-62H,4-6,8-9,11-15,17-18,20-24,28,32-33,35-36,38-42,44-45,47-54H2,1-3H3,(H,60,63)/b10-7-,19-16-,27-25-,30-29-,31-26+,37-34-,46-43-. The van der Waals surface area contributed by atoms with Crippen molar-refractivity contribution < 1.29 is 24.5 Å². The molecule has 0 aromatic heterocycles. The SMILES string of the molecule is CC/C=C\C/C=C\C/C=C\C/C=C\C/C=C\C/C=C\CCC(=O)OC(CCCCCCC/C=C/CCCCCCCC)CC(=O)NC(CO)C(O)CCCCCCCCCCCCCC. The van der Waals surface area contributed by atoms with E-state index in [2.05, 4.69) is 105 Å². The summed E-state index contributed by atoms with van der Waals surface area (Å²) in [6.45, 7) is 6.35. The van der Waals surface area contributed by atoms with Gasteiger partial charge in [0, 0.05) is 6.42 Å². The van der Waals surface area contributed by atoms with Gasteiger partial charge in [-0.2, -0.15) is 0 Å². The third-order valence-electron chi connectivity index (χ3n) is 12.0. The summed E-state index contributed by atoms with van der Waals surface area (Å²) in [4.78, 5) is 26.2. The topological polar surface area (TPSA) is 95.9 Å². The molecular weight excluding hydrogens is 803 g/mol. The molecule has 0 aliphatic rings. The first-order chi connectivity index (χ1) is 32.0. The van der Waals surface area contributed by atoms with Gasteiger partial charge in [-0.3, -0.25) is 9.59 Å². The number of allylic oxidation sites excluding steroid dienone is 14. The Bertz CT molecular complexity index is 1250. The van der Waals surface area contributed by atoms with Gasteiger partial charge in [0.15, 0.2) is 0 Å². The highest BCUT2D eigenvalue weighted by Crippen LogP contribution is 2.17. The number of nitrogens with one attached hydrogen (secondary N) is 1. The number of carbonyl (C=O) groups is 2. The van der Waals surface area contributed by atoms with Gasteiger partial charge < -0.3 is 20.3 Å². The Hall–Kier alpha value is -2.96. The van der Waals surface area contributed by atoms with Gasteiger partial charge in [-0.15, -0.1) is 0 Å². The van der Waals surface area contributed by atoms with E-state index >= 15 is 0 Å². The minimum Gasteiger partial charge on any atom is -0.462 e. The van der Waals surface area contributed by atoms with Gasteiger partial charge in [0.2, 0.25) is 5.91 Å². The molecule has 0 aromatic rings. The van der Waals surface area contributed by atoms with Crippen LogP contribution >= 0.6 is 0 Å². The van der Waals surface area contributed by atoms with Crippen LogP contribution in [-0.4, -0.2) is 46.9 Å². The maximum Gasteiger partial charge on any atom is 0.306 e. The summed E-state index contributed by atoms with van der Waals surface area (Å²) in [5.74, 6) is -0.582. The molecule has 374 valence electrons. The van der Waals surface area contributed by atoms with Crippen molar-refractivity contribution in [3.8, 4) is 0 Å².